The number of anilines is 1. The van der Waals surface area contributed by atoms with Gasteiger partial charge in [0.25, 0.3) is 5.89 Å². The minimum Gasteiger partial charge on any atom is -0.381 e. The zero-order chi connectivity index (χ0) is 23.1. The van der Waals surface area contributed by atoms with Gasteiger partial charge in [0.15, 0.2) is 5.82 Å². The lowest BCUT2D eigenvalue weighted by molar-refractivity contribution is 0.0662. The van der Waals surface area contributed by atoms with Gasteiger partial charge in [-0.05, 0) is 50.2 Å². The molecular formula is C24H26N8O2. The molecule has 34 heavy (non-hydrogen) atoms. The largest absolute Gasteiger partial charge is 0.381 e. The summed E-state index contributed by atoms with van der Waals surface area (Å²) in [6, 6.07) is 4.40. The molecule has 1 aliphatic heterocycles. The highest BCUT2D eigenvalue weighted by Crippen LogP contribution is 2.50. The predicted molar refractivity (Wildman–Crippen MR) is 123 cm³/mol. The lowest BCUT2D eigenvalue weighted by Crippen LogP contribution is -2.28. The van der Waals surface area contributed by atoms with Crippen LogP contribution in [0.2, 0.25) is 0 Å². The van der Waals surface area contributed by atoms with E-state index in [1.165, 1.54) is 0 Å². The van der Waals surface area contributed by atoms with Gasteiger partial charge in [-0.2, -0.15) is 10.1 Å². The number of aromatic nitrogens is 7. The number of hydrogen-bond donors (Lipinski definition) is 1. The first-order valence-corrected chi connectivity index (χ1v) is 11.6. The van der Waals surface area contributed by atoms with Crippen molar-refractivity contribution >= 4 is 5.95 Å². The van der Waals surface area contributed by atoms with Crippen molar-refractivity contribution in [3.8, 4) is 22.7 Å². The van der Waals surface area contributed by atoms with E-state index in [-0.39, 0.29) is 11.4 Å². The van der Waals surface area contributed by atoms with E-state index >= 15 is 0 Å². The van der Waals surface area contributed by atoms with Crippen molar-refractivity contribution < 1.29 is 9.26 Å². The van der Waals surface area contributed by atoms with Crippen LogP contribution in [0, 0.1) is 5.92 Å². The second-order valence-corrected chi connectivity index (χ2v) is 9.21. The van der Waals surface area contributed by atoms with Gasteiger partial charge in [-0.3, -0.25) is 9.67 Å². The normalized spacial score (nSPS) is 18.6. The number of nitrogens with zero attached hydrogens (tertiary/aromatic N) is 7. The highest BCUT2D eigenvalue weighted by molar-refractivity contribution is 5.58. The number of ether oxygens (including phenoxy) is 1. The highest BCUT2D eigenvalue weighted by Gasteiger charge is 2.47. The van der Waals surface area contributed by atoms with E-state index in [4.69, 9.17) is 20.0 Å². The Hall–Kier alpha value is -3.66. The summed E-state index contributed by atoms with van der Waals surface area (Å²) in [6.45, 7) is 3.71. The fourth-order valence-corrected chi connectivity index (χ4v) is 4.70. The Labute approximate surface area is 196 Å². The summed E-state index contributed by atoms with van der Waals surface area (Å²) in [5.74, 6) is 1.85. The number of pyridine rings is 1. The molecule has 1 saturated carbocycles. The topological polar surface area (TPSA) is 131 Å². The lowest BCUT2D eigenvalue weighted by atomic mass is 9.77. The average molecular weight is 459 g/mol. The summed E-state index contributed by atoms with van der Waals surface area (Å²) >= 11 is 0. The van der Waals surface area contributed by atoms with E-state index < -0.39 is 0 Å². The Morgan fingerprint density at radius 1 is 0.971 bits per heavy atom. The zero-order valence-corrected chi connectivity index (χ0v) is 19.0. The third-order valence-electron chi connectivity index (χ3n) is 7.03. The molecule has 174 valence electrons. The molecule has 2 N–H and O–H groups in total. The quantitative estimate of drug-likeness (QED) is 0.461. The van der Waals surface area contributed by atoms with Gasteiger partial charge in [-0.1, -0.05) is 11.2 Å². The predicted octanol–water partition coefficient (Wildman–Crippen LogP) is 3.43. The van der Waals surface area contributed by atoms with Gasteiger partial charge in [0.1, 0.15) is 0 Å². The molecule has 4 aromatic heterocycles. The fourth-order valence-electron chi connectivity index (χ4n) is 4.70. The molecule has 1 aliphatic carbocycles. The van der Waals surface area contributed by atoms with Crippen LogP contribution in [0.4, 0.5) is 5.95 Å². The van der Waals surface area contributed by atoms with Crippen LogP contribution >= 0.6 is 0 Å². The van der Waals surface area contributed by atoms with Crippen LogP contribution in [-0.4, -0.2) is 48.1 Å². The van der Waals surface area contributed by atoms with E-state index in [0.717, 1.165) is 61.3 Å². The molecule has 2 aliphatic rings. The third kappa shape index (κ3) is 3.73. The molecule has 4 aromatic rings. The molecule has 1 saturated heterocycles. The van der Waals surface area contributed by atoms with Crippen LogP contribution in [0.3, 0.4) is 0 Å². The second kappa shape index (κ2) is 8.28. The van der Waals surface area contributed by atoms with Crippen molar-refractivity contribution in [1.82, 2.24) is 34.9 Å². The molecule has 10 heteroatoms. The molecule has 2 fully saturated rings. The third-order valence-corrected chi connectivity index (χ3v) is 7.03. The first-order valence-electron chi connectivity index (χ1n) is 11.6. The zero-order valence-electron chi connectivity index (χ0n) is 19.0. The lowest BCUT2D eigenvalue weighted by Gasteiger charge is -2.26. The van der Waals surface area contributed by atoms with Gasteiger partial charge in [0.05, 0.1) is 28.9 Å². The van der Waals surface area contributed by atoms with Crippen molar-refractivity contribution in [3.05, 3.63) is 54.5 Å². The fraction of sp³-hybridized carbons (Fsp3) is 0.417. The van der Waals surface area contributed by atoms with Gasteiger partial charge < -0.3 is 15.0 Å². The van der Waals surface area contributed by atoms with E-state index in [0.29, 0.717) is 23.7 Å². The van der Waals surface area contributed by atoms with E-state index in [1.54, 1.807) is 18.6 Å². The SMILES string of the molecule is C[C@](c1ccc(-c2cnc(N)nc2)nc1)(c1noc(-c2cnn(C3CCOCC3)c2)n1)C1CC1. The Morgan fingerprint density at radius 2 is 1.76 bits per heavy atom. The maximum atomic E-state index is 5.71. The van der Waals surface area contributed by atoms with E-state index in [9.17, 15) is 0 Å². The summed E-state index contributed by atoms with van der Waals surface area (Å²) in [5, 5.41) is 8.95. The molecule has 6 rings (SSSR count). The van der Waals surface area contributed by atoms with Gasteiger partial charge in [-0.15, -0.1) is 0 Å². The maximum absolute atomic E-state index is 5.71. The summed E-state index contributed by atoms with van der Waals surface area (Å²) in [6.07, 6.45) is 13.2. The molecule has 0 radical (unpaired) electrons. The van der Waals surface area contributed by atoms with Gasteiger partial charge in [-0.25, -0.2) is 9.97 Å². The number of nitrogens with two attached hydrogens (primary N) is 1. The molecular weight excluding hydrogens is 432 g/mol. The molecule has 0 unspecified atom stereocenters. The monoisotopic (exact) mass is 458 g/mol. The van der Waals surface area contributed by atoms with Gasteiger partial charge >= 0.3 is 0 Å². The van der Waals surface area contributed by atoms with Crippen LogP contribution < -0.4 is 5.73 Å². The molecule has 0 spiro atoms. The van der Waals surface area contributed by atoms with Crippen LogP contribution in [0.5, 0.6) is 0 Å². The molecule has 0 amide bonds. The molecule has 0 aromatic carbocycles. The number of nitrogen functional groups attached to an aromatic ring is 1. The molecule has 1 atom stereocenters. The Morgan fingerprint density at radius 3 is 2.47 bits per heavy atom. The van der Waals surface area contributed by atoms with E-state index in [2.05, 4.69) is 38.2 Å². The van der Waals surface area contributed by atoms with Crippen molar-refractivity contribution in [2.75, 3.05) is 18.9 Å². The molecule has 5 heterocycles. The van der Waals surface area contributed by atoms with Gasteiger partial charge in [0, 0.05) is 43.6 Å². The minimum atomic E-state index is -0.387. The van der Waals surface area contributed by atoms with Crippen LogP contribution in [0.15, 0.2) is 47.6 Å². The van der Waals surface area contributed by atoms with Crippen molar-refractivity contribution in [3.63, 3.8) is 0 Å². The van der Waals surface area contributed by atoms with Crippen molar-refractivity contribution in [2.45, 2.75) is 44.1 Å². The Bertz CT molecular complexity index is 1270. The summed E-state index contributed by atoms with van der Waals surface area (Å²) < 4.78 is 13.2. The number of rotatable bonds is 6. The standard InChI is InChI=1S/C24H26N8O2/c1-24(17-2-3-17,18-4-5-20(26-13-18)15-10-27-23(25)28-11-15)22-30-21(34-31-22)16-12-29-32(14-16)19-6-8-33-9-7-19/h4-5,10-14,17,19H,2-3,6-9H2,1H3,(H2,25,27,28)/t24-/m0/s1. The second-order valence-electron chi connectivity index (χ2n) is 9.21. The number of hydrogen-bond acceptors (Lipinski definition) is 9. The molecule has 0 bridgehead atoms. The first kappa shape index (κ1) is 20.9. The van der Waals surface area contributed by atoms with Crippen LogP contribution in [0.25, 0.3) is 22.7 Å². The molecule has 10 nitrogen and oxygen atoms in total. The summed E-state index contributed by atoms with van der Waals surface area (Å²) in [7, 11) is 0. The van der Waals surface area contributed by atoms with E-state index in [1.807, 2.05) is 23.1 Å². The maximum Gasteiger partial charge on any atom is 0.261 e. The minimum absolute atomic E-state index is 0.243. The Kier molecular flexibility index (Phi) is 5.09. The highest BCUT2D eigenvalue weighted by atomic mass is 16.5. The van der Waals surface area contributed by atoms with Crippen molar-refractivity contribution in [2.24, 2.45) is 5.92 Å². The van der Waals surface area contributed by atoms with Gasteiger partial charge in [0.2, 0.25) is 5.95 Å². The smallest absolute Gasteiger partial charge is 0.261 e. The Balaban J connectivity index is 1.28. The average Bonchev–Trinajstić information content (AvgIpc) is 3.41. The first-order chi connectivity index (χ1) is 16.6. The summed E-state index contributed by atoms with van der Waals surface area (Å²) in [5.41, 5.74) is 8.71. The van der Waals surface area contributed by atoms with Crippen molar-refractivity contribution in [1.29, 1.82) is 0 Å². The van der Waals surface area contributed by atoms with Crippen LogP contribution in [0.1, 0.15) is 50.0 Å². The van der Waals surface area contributed by atoms with Crippen LogP contribution in [-0.2, 0) is 10.2 Å². The summed E-state index contributed by atoms with van der Waals surface area (Å²) in [4.78, 5) is 17.6.